The normalized spacial score (nSPS) is 16.8. The van der Waals surface area contributed by atoms with E-state index in [0.717, 1.165) is 5.69 Å². The average Bonchev–Trinajstić information content (AvgIpc) is 3.10. The number of rotatable bonds is 5. The van der Waals surface area contributed by atoms with Crippen molar-refractivity contribution in [3.05, 3.63) is 24.0 Å². The summed E-state index contributed by atoms with van der Waals surface area (Å²) in [4.78, 5) is 14.8. The molecule has 16 heavy (non-hydrogen) atoms. The molecule has 1 amide bonds. The van der Waals surface area contributed by atoms with Gasteiger partial charge in [-0.05, 0) is 30.9 Å². The Bertz CT molecular complexity index is 389. The summed E-state index contributed by atoms with van der Waals surface area (Å²) in [6.45, 7) is 0.715. The van der Waals surface area contributed by atoms with E-state index in [-0.39, 0.29) is 11.7 Å². The summed E-state index contributed by atoms with van der Waals surface area (Å²) in [5, 5.41) is 3.19. The van der Waals surface area contributed by atoms with Gasteiger partial charge in [-0.15, -0.1) is 0 Å². The van der Waals surface area contributed by atoms with Crippen LogP contribution in [-0.4, -0.2) is 23.5 Å². The molecule has 5 N–H and O–H groups in total. The molecular weight excluding hydrogens is 204 g/mol. The number of nitrogens with two attached hydrogens (primary N) is 2. The van der Waals surface area contributed by atoms with Crippen molar-refractivity contribution in [3.8, 4) is 0 Å². The standard InChI is InChI=1S/C11H16N4O/c12-9(7-1-2-7)6-15-8-3-4-14-10(5-8)11(13)16/h3-5,7,9H,1-2,6,12H2,(H2,13,16)(H,14,15). The van der Waals surface area contributed by atoms with Crippen LogP contribution in [-0.2, 0) is 0 Å². The largest absolute Gasteiger partial charge is 0.383 e. The molecule has 0 aliphatic heterocycles. The van der Waals surface area contributed by atoms with Gasteiger partial charge in [0.15, 0.2) is 0 Å². The van der Waals surface area contributed by atoms with Crippen LogP contribution in [0.4, 0.5) is 5.69 Å². The Morgan fingerprint density at radius 1 is 1.62 bits per heavy atom. The first-order valence-electron chi connectivity index (χ1n) is 5.42. The quantitative estimate of drug-likeness (QED) is 0.666. The van der Waals surface area contributed by atoms with Gasteiger partial charge in [-0.3, -0.25) is 9.78 Å². The summed E-state index contributed by atoms with van der Waals surface area (Å²) in [6, 6.07) is 3.62. The second kappa shape index (κ2) is 4.49. The molecule has 5 nitrogen and oxygen atoms in total. The van der Waals surface area contributed by atoms with Gasteiger partial charge in [0.1, 0.15) is 5.69 Å². The molecule has 5 heteroatoms. The van der Waals surface area contributed by atoms with E-state index in [4.69, 9.17) is 11.5 Å². The smallest absolute Gasteiger partial charge is 0.267 e. The lowest BCUT2D eigenvalue weighted by Gasteiger charge is -2.12. The second-order valence-electron chi connectivity index (χ2n) is 4.18. The second-order valence-corrected chi connectivity index (χ2v) is 4.18. The van der Waals surface area contributed by atoms with Gasteiger partial charge in [0.05, 0.1) is 0 Å². The first-order chi connectivity index (χ1) is 7.66. The van der Waals surface area contributed by atoms with Crippen LogP contribution in [0.3, 0.4) is 0 Å². The van der Waals surface area contributed by atoms with Gasteiger partial charge in [0, 0.05) is 24.5 Å². The highest BCUT2D eigenvalue weighted by Gasteiger charge is 2.27. The SMILES string of the molecule is NC(=O)c1cc(NCC(N)C2CC2)ccn1. The summed E-state index contributed by atoms with van der Waals surface area (Å²) in [5.74, 6) is 0.139. The molecule has 1 atom stereocenters. The van der Waals surface area contributed by atoms with Crippen molar-refractivity contribution in [3.63, 3.8) is 0 Å². The number of pyridine rings is 1. The number of nitrogens with one attached hydrogen (secondary N) is 1. The summed E-state index contributed by atoms with van der Waals surface area (Å²) in [6.07, 6.45) is 4.02. The highest BCUT2D eigenvalue weighted by atomic mass is 16.1. The number of carbonyl (C=O) groups is 1. The molecule has 1 unspecified atom stereocenters. The molecule has 1 saturated carbocycles. The highest BCUT2D eigenvalue weighted by molar-refractivity contribution is 5.91. The Morgan fingerprint density at radius 3 is 3.00 bits per heavy atom. The highest BCUT2D eigenvalue weighted by Crippen LogP contribution is 2.31. The van der Waals surface area contributed by atoms with E-state index in [1.165, 1.54) is 12.8 Å². The predicted octanol–water partition coefficient (Wildman–Crippen LogP) is 0.330. The predicted molar refractivity (Wildman–Crippen MR) is 61.9 cm³/mol. The Hall–Kier alpha value is -1.62. The molecule has 1 aromatic rings. The average molecular weight is 220 g/mol. The molecule has 0 radical (unpaired) electrons. The zero-order chi connectivity index (χ0) is 11.5. The third kappa shape index (κ3) is 2.70. The van der Waals surface area contributed by atoms with E-state index in [9.17, 15) is 4.79 Å². The maximum atomic E-state index is 10.9. The molecular formula is C11H16N4O. The van der Waals surface area contributed by atoms with Gasteiger partial charge in [-0.2, -0.15) is 0 Å². The fourth-order valence-electron chi connectivity index (χ4n) is 1.60. The lowest BCUT2D eigenvalue weighted by atomic mass is 10.2. The van der Waals surface area contributed by atoms with Crippen LogP contribution in [0.2, 0.25) is 0 Å². The van der Waals surface area contributed by atoms with Crippen LogP contribution in [0, 0.1) is 5.92 Å². The van der Waals surface area contributed by atoms with Crippen molar-refractivity contribution in [2.45, 2.75) is 18.9 Å². The van der Waals surface area contributed by atoms with Gasteiger partial charge >= 0.3 is 0 Å². The van der Waals surface area contributed by atoms with Crippen LogP contribution in [0.5, 0.6) is 0 Å². The van der Waals surface area contributed by atoms with Crippen molar-refractivity contribution in [2.24, 2.45) is 17.4 Å². The topological polar surface area (TPSA) is 94.0 Å². The third-order valence-corrected chi connectivity index (χ3v) is 2.78. The van der Waals surface area contributed by atoms with E-state index >= 15 is 0 Å². The Kier molecular flexibility index (Phi) is 3.05. The summed E-state index contributed by atoms with van der Waals surface area (Å²) in [5.41, 5.74) is 12.2. The lowest BCUT2D eigenvalue weighted by molar-refractivity contribution is 0.0995. The fraction of sp³-hybridized carbons (Fsp3) is 0.455. The fourth-order valence-corrected chi connectivity index (χ4v) is 1.60. The number of primary amides is 1. The van der Waals surface area contributed by atoms with E-state index in [2.05, 4.69) is 10.3 Å². The molecule has 0 spiro atoms. The number of aromatic nitrogens is 1. The Labute approximate surface area is 94.2 Å². The first-order valence-corrected chi connectivity index (χ1v) is 5.42. The zero-order valence-electron chi connectivity index (χ0n) is 9.02. The number of hydrogen-bond donors (Lipinski definition) is 3. The molecule has 2 rings (SSSR count). The molecule has 1 aliphatic carbocycles. The van der Waals surface area contributed by atoms with Gasteiger partial charge in [0.25, 0.3) is 5.91 Å². The number of carbonyl (C=O) groups excluding carboxylic acids is 1. The van der Waals surface area contributed by atoms with Crippen LogP contribution in [0.1, 0.15) is 23.3 Å². The summed E-state index contributed by atoms with van der Waals surface area (Å²) in [7, 11) is 0. The van der Waals surface area contributed by atoms with Gasteiger partial charge in [-0.25, -0.2) is 0 Å². The maximum absolute atomic E-state index is 10.9. The minimum Gasteiger partial charge on any atom is -0.383 e. The van der Waals surface area contributed by atoms with Crippen molar-refractivity contribution >= 4 is 11.6 Å². The molecule has 0 aromatic carbocycles. The van der Waals surface area contributed by atoms with Crippen molar-refractivity contribution in [2.75, 3.05) is 11.9 Å². The summed E-state index contributed by atoms with van der Waals surface area (Å²) >= 11 is 0. The van der Waals surface area contributed by atoms with Crippen LogP contribution in [0.25, 0.3) is 0 Å². The van der Waals surface area contributed by atoms with E-state index < -0.39 is 5.91 Å². The van der Waals surface area contributed by atoms with E-state index in [1.54, 1.807) is 18.3 Å². The monoisotopic (exact) mass is 220 g/mol. The van der Waals surface area contributed by atoms with Crippen molar-refractivity contribution in [1.29, 1.82) is 0 Å². The molecule has 0 saturated heterocycles. The van der Waals surface area contributed by atoms with Crippen LogP contribution < -0.4 is 16.8 Å². The van der Waals surface area contributed by atoms with Gasteiger partial charge < -0.3 is 16.8 Å². The number of nitrogens with zero attached hydrogens (tertiary/aromatic N) is 1. The summed E-state index contributed by atoms with van der Waals surface area (Å²) < 4.78 is 0. The molecule has 1 aliphatic rings. The van der Waals surface area contributed by atoms with Crippen LogP contribution >= 0.6 is 0 Å². The zero-order valence-corrected chi connectivity index (χ0v) is 9.02. The molecule has 1 heterocycles. The minimum absolute atomic E-state index is 0.185. The van der Waals surface area contributed by atoms with E-state index in [0.29, 0.717) is 12.5 Å². The Balaban J connectivity index is 1.92. The molecule has 1 fully saturated rings. The van der Waals surface area contributed by atoms with Crippen molar-refractivity contribution in [1.82, 2.24) is 4.98 Å². The first kappa shape index (κ1) is 10.9. The Morgan fingerprint density at radius 2 is 2.38 bits per heavy atom. The maximum Gasteiger partial charge on any atom is 0.267 e. The minimum atomic E-state index is -0.518. The number of anilines is 1. The number of amides is 1. The van der Waals surface area contributed by atoms with Gasteiger partial charge in [0.2, 0.25) is 0 Å². The van der Waals surface area contributed by atoms with Gasteiger partial charge in [-0.1, -0.05) is 0 Å². The lowest BCUT2D eigenvalue weighted by Crippen LogP contribution is -2.31. The third-order valence-electron chi connectivity index (χ3n) is 2.78. The number of hydrogen-bond acceptors (Lipinski definition) is 4. The molecule has 86 valence electrons. The van der Waals surface area contributed by atoms with Crippen molar-refractivity contribution < 1.29 is 4.79 Å². The molecule has 0 bridgehead atoms. The van der Waals surface area contributed by atoms with E-state index in [1.807, 2.05) is 0 Å². The molecule has 1 aromatic heterocycles. The van der Waals surface area contributed by atoms with Crippen LogP contribution in [0.15, 0.2) is 18.3 Å².